The second-order valence-electron chi connectivity index (χ2n) is 3.17. The lowest BCUT2D eigenvalue weighted by Gasteiger charge is -2.22. The van der Waals surface area contributed by atoms with Crippen LogP contribution in [0.15, 0.2) is 24.5 Å². The van der Waals surface area contributed by atoms with Crippen LogP contribution >= 0.6 is 0 Å². The Balaban J connectivity index is 2.37. The summed E-state index contributed by atoms with van der Waals surface area (Å²) in [6, 6.07) is 2.68. The van der Waals surface area contributed by atoms with E-state index in [1.165, 1.54) is 6.92 Å². The topological polar surface area (TPSA) is 16.1 Å². The number of hydrogen-bond acceptors (Lipinski definition) is 2. The van der Waals surface area contributed by atoms with E-state index in [0.29, 0.717) is 13.0 Å². The molecule has 0 N–H and O–H groups in total. The van der Waals surface area contributed by atoms with Crippen LogP contribution in [-0.4, -0.2) is 22.9 Å². The molecule has 0 bridgehead atoms. The predicted molar refractivity (Wildman–Crippen MR) is 53.5 cm³/mol. The lowest BCUT2D eigenvalue weighted by Crippen LogP contribution is -2.22. The summed E-state index contributed by atoms with van der Waals surface area (Å²) in [4.78, 5) is 5.63. The van der Waals surface area contributed by atoms with Crippen LogP contribution in [0.3, 0.4) is 0 Å². The molecule has 1 aromatic rings. The molecule has 0 aromatic carbocycles. The zero-order valence-electron chi connectivity index (χ0n) is 10.8. The first-order chi connectivity index (χ1) is 7.44. The van der Waals surface area contributed by atoms with Gasteiger partial charge in [-0.3, -0.25) is 9.88 Å². The highest BCUT2D eigenvalue weighted by Crippen LogP contribution is 2.30. The largest absolute Gasteiger partial charge is 0.297 e. The molecule has 0 amide bonds. The molecule has 1 aliphatic heterocycles. The third-order valence-electron chi connectivity index (χ3n) is 2.39. The van der Waals surface area contributed by atoms with Crippen molar-refractivity contribution in [2.75, 3.05) is 13.0 Å². The Bertz CT molecular complexity index is 363. The van der Waals surface area contributed by atoms with Gasteiger partial charge in [0.05, 0.1) is 1.37 Å². The molecule has 13 heavy (non-hydrogen) atoms. The van der Waals surface area contributed by atoms with Gasteiger partial charge in [-0.05, 0) is 37.5 Å². The van der Waals surface area contributed by atoms with Crippen molar-refractivity contribution < 1.29 is 4.11 Å². The first-order valence-electron chi connectivity index (χ1n) is 6.13. The SMILES string of the molecule is [2H]C([2H])(C)N1CCC[C@@]1([2H])c1cccnc1. The van der Waals surface area contributed by atoms with Gasteiger partial charge in [0.1, 0.15) is 0 Å². The van der Waals surface area contributed by atoms with Gasteiger partial charge in [0, 0.05) is 21.2 Å². The minimum atomic E-state index is -1.46. The van der Waals surface area contributed by atoms with E-state index in [2.05, 4.69) is 4.98 Å². The molecule has 1 fully saturated rings. The van der Waals surface area contributed by atoms with Crippen LogP contribution in [0.1, 0.15) is 35.5 Å². The predicted octanol–water partition coefficient (Wildman–Crippen LogP) is 2.24. The molecule has 70 valence electrons. The van der Waals surface area contributed by atoms with Gasteiger partial charge in [0.25, 0.3) is 0 Å². The van der Waals surface area contributed by atoms with E-state index >= 15 is 0 Å². The standard InChI is InChI=1S/C11H16N2/c1-2-13-8-4-6-11(13)10-5-3-7-12-9-10/h3,5,7,9,11H,2,4,6,8H2,1H3/t11-/m0/s1/i2D2,11D. The van der Waals surface area contributed by atoms with Gasteiger partial charge >= 0.3 is 0 Å². The van der Waals surface area contributed by atoms with E-state index < -0.39 is 12.5 Å². The summed E-state index contributed by atoms with van der Waals surface area (Å²) in [6.07, 6.45) is 4.85. The molecule has 0 aliphatic carbocycles. The van der Waals surface area contributed by atoms with Gasteiger partial charge in [-0.2, -0.15) is 0 Å². The van der Waals surface area contributed by atoms with Crippen LogP contribution in [0.5, 0.6) is 0 Å². The number of hydrogen-bond donors (Lipinski definition) is 0. The third kappa shape index (κ3) is 1.73. The minimum Gasteiger partial charge on any atom is -0.297 e. The summed E-state index contributed by atoms with van der Waals surface area (Å²) in [7, 11) is 0. The Kier molecular flexibility index (Phi) is 1.72. The molecule has 0 unspecified atom stereocenters. The highest BCUT2D eigenvalue weighted by molar-refractivity contribution is 5.15. The number of rotatable bonds is 2. The second kappa shape index (κ2) is 3.88. The van der Waals surface area contributed by atoms with Crippen molar-refractivity contribution in [3.63, 3.8) is 0 Å². The monoisotopic (exact) mass is 179 g/mol. The van der Waals surface area contributed by atoms with E-state index in [4.69, 9.17) is 4.11 Å². The Morgan fingerprint density at radius 1 is 1.85 bits per heavy atom. The highest BCUT2D eigenvalue weighted by Gasteiger charge is 2.24. The van der Waals surface area contributed by atoms with Crippen molar-refractivity contribution >= 4 is 0 Å². The molecule has 0 saturated carbocycles. The summed E-state index contributed by atoms with van der Waals surface area (Å²) < 4.78 is 24.1. The highest BCUT2D eigenvalue weighted by atomic mass is 15.2. The second-order valence-corrected chi connectivity index (χ2v) is 3.17. The maximum atomic E-state index is 8.48. The third-order valence-corrected chi connectivity index (χ3v) is 2.39. The number of pyridine rings is 1. The fraction of sp³-hybridized carbons (Fsp3) is 0.545. The molecule has 1 atom stereocenters. The summed E-state index contributed by atoms with van der Waals surface area (Å²) >= 11 is 0. The Morgan fingerprint density at radius 2 is 2.77 bits per heavy atom. The van der Waals surface area contributed by atoms with Gasteiger partial charge in [-0.15, -0.1) is 0 Å². The van der Waals surface area contributed by atoms with Crippen molar-refractivity contribution in [3.8, 4) is 0 Å². The molecular weight excluding hydrogens is 160 g/mol. The average Bonchev–Trinajstić information content (AvgIpc) is 2.63. The van der Waals surface area contributed by atoms with Crippen LogP contribution in [0.2, 0.25) is 0 Å². The lowest BCUT2D eigenvalue weighted by molar-refractivity contribution is 0.271. The van der Waals surface area contributed by atoms with Gasteiger partial charge in [0.2, 0.25) is 0 Å². The molecular formula is C11H16N2. The van der Waals surface area contributed by atoms with Gasteiger partial charge in [-0.25, -0.2) is 0 Å². The Morgan fingerprint density at radius 3 is 3.46 bits per heavy atom. The van der Waals surface area contributed by atoms with Crippen LogP contribution < -0.4 is 0 Å². The summed E-state index contributed by atoms with van der Waals surface area (Å²) in [5.41, 5.74) is 0.776. The Labute approximate surface area is 83.8 Å². The molecule has 0 spiro atoms. The van der Waals surface area contributed by atoms with Crippen molar-refractivity contribution in [1.29, 1.82) is 0 Å². The smallest absolute Gasteiger partial charge is 0.0519 e. The van der Waals surface area contributed by atoms with Crippen LogP contribution in [0.4, 0.5) is 0 Å². The van der Waals surface area contributed by atoms with Gasteiger partial charge in [-0.1, -0.05) is 13.0 Å². The van der Waals surface area contributed by atoms with Crippen LogP contribution in [0.25, 0.3) is 0 Å². The van der Waals surface area contributed by atoms with Crippen molar-refractivity contribution in [2.45, 2.75) is 25.8 Å². The van der Waals surface area contributed by atoms with Crippen molar-refractivity contribution in [3.05, 3.63) is 30.1 Å². The van der Waals surface area contributed by atoms with E-state index in [1.807, 2.05) is 6.07 Å². The van der Waals surface area contributed by atoms with Crippen molar-refractivity contribution in [1.82, 2.24) is 9.88 Å². The molecule has 1 aliphatic rings. The van der Waals surface area contributed by atoms with E-state index in [-0.39, 0.29) is 0 Å². The van der Waals surface area contributed by atoms with Gasteiger partial charge in [0.15, 0.2) is 0 Å². The molecule has 1 aromatic heterocycles. The summed E-state index contributed by atoms with van der Waals surface area (Å²) in [6.45, 7) is 0.675. The average molecular weight is 179 g/mol. The molecule has 2 rings (SSSR count). The lowest BCUT2D eigenvalue weighted by atomic mass is 10.1. The van der Waals surface area contributed by atoms with E-state index in [1.54, 1.807) is 23.4 Å². The molecule has 2 heterocycles. The summed E-state index contributed by atoms with van der Waals surface area (Å²) in [5, 5.41) is 0. The van der Waals surface area contributed by atoms with E-state index in [9.17, 15) is 0 Å². The normalized spacial score (nSPS) is 33.8. The fourth-order valence-corrected chi connectivity index (χ4v) is 1.75. The maximum absolute atomic E-state index is 8.48. The minimum absolute atomic E-state index is 0.627. The quantitative estimate of drug-likeness (QED) is 0.692. The van der Waals surface area contributed by atoms with E-state index in [0.717, 1.165) is 12.0 Å². The Hall–Kier alpha value is -0.890. The van der Waals surface area contributed by atoms with Crippen LogP contribution in [-0.2, 0) is 0 Å². The van der Waals surface area contributed by atoms with Crippen LogP contribution in [0, 0.1) is 0 Å². The number of likely N-dealkylation sites (tertiary alicyclic amines) is 1. The molecule has 1 saturated heterocycles. The first kappa shape index (κ1) is 5.76. The number of aromatic nitrogens is 1. The zero-order chi connectivity index (χ0) is 11.8. The van der Waals surface area contributed by atoms with Gasteiger partial charge < -0.3 is 0 Å². The molecule has 0 radical (unpaired) electrons. The molecule has 2 nitrogen and oxygen atoms in total. The zero-order valence-corrected chi connectivity index (χ0v) is 7.83. The number of nitrogens with zero attached hydrogens (tertiary/aromatic N) is 2. The fourth-order valence-electron chi connectivity index (χ4n) is 1.75. The first-order valence-corrected chi connectivity index (χ1v) is 4.63. The van der Waals surface area contributed by atoms with Crippen molar-refractivity contribution in [2.24, 2.45) is 0 Å². The maximum Gasteiger partial charge on any atom is 0.0519 e. The molecule has 2 heteroatoms. The summed E-state index contributed by atoms with van der Waals surface area (Å²) in [5.74, 6) is 0.